The molecule has 21 heavy (non-hydrogen) atoms. The molecule has 2 rings (SSSR count). The van der Waals surface area contributed by atoms with Gasteiger partial charge in [0.05, 0.1) is 18.3 Å². The number of amides is 2. The summed E-state index contributed by atoms with van der Waals surface area (Å²) in [4.78, 5) is 28.9. The van der Waals surface area contributed by atoms with Crippen LogP contribution in [-0.2, 0) is 16.1 Å². The first-order valence-electron chi connectivity index (χ1n) is 6.74. The highest BCUT2D eigenvalue weighted by Gasteiger charge is 2.39. The molecule has 0 spiro atoms. The quantitative estimate of drug-likeness (QED) is 0.855. The van der Waals surface area contributed by atoms with Crippen molar-refractivity contribution in [3.63, 3.8) is 0 Å². The zero-order valence-corrected chi connectivity index (χ0v) is 12.1. The molecule has 0 bridgehead atoms. The molecule has 2 N–H and O–H groups in total. The fourth-order valence-electron chi connectivity index (χ4n) is 2.39. The molecule has 1 aromatic rings. The maximum absolute atomic E-state index is 12.1. The van der Waals surface area contributed by atoms with E-state index in [1.807, 2.05) is 25.1 Å². The molecule has 0 aliphatic carbocycles. The Bertz CT molecular complexity index is 535. The predicted octanol–water partition coefficient (Wildman–Crippen LogP) is 0.774. The fraction of sp³-hybridized carbons (Fsp3) is 0.500. The molecule has 1 saturated heterocycles. The Balaban J connectivity index is 1.97. The largest absolute Gasteiger partial charge is 0.480 e. The predicted molar refractivity (Wildman–Crippen MR) is 74.8 cm³/mol. The first-order chi connectivity index (χ1) is 10.0. The molecule has 1 aliphatic heterocycles. The van der Waals surface area contributed by atoms with E-state index in [4.69, 9.17) is 4.74 Å². The second kappa shape index (κ2) is 6.53. The number of rotatable bonds is 4. The number of carboxylic acids is 1. The summed E-state index contributed by atoms with van der Waals surface area (Å²) < 4.78 is 5.15. The molecule has 2 atom stereocenters. The van der Waals surface area contributed by atoms with Crippen molar-refractivity contribution in [3.05, 3.63) is 29.6 Å². The number of likely N-dealkylation sites (tertiary alicyclic amines) is 1. The molecule has 1 aromatic heterocycles. The molecule has 2 unspecified atom stereocenters. The molecular formula is C14H19N3O4. The van der Waals surface area contributed by atoms with E-state index < -0.39 is 18.0 Å². The number of pyridine rings is 1. The number of nitrogens with one attached hydrogen (secondary N) is 1. The van der Waals surface area contributed by atoms with Gasteiger partial charge in [-0.2, -0.15) is 0 Å². The van der Waals surface area contributed by atoms with Gasteiger partial charge in [0.2, 0.25) is 0 Å². The van der Waals surface area contributed by atoms with Crippen LogP contribution in [-0.4, -0.2) is 52.8 Å². The summed E-state index contributed by atoms with van der Waals surface area (Å²) in [5.74, 6) is -1.02. The summed E-state index contributed by atoms with van der Waals surface area (Å²) in [5, 5.41) is 11.9. The van der Waals surface area contributed by atoms with Crippen LogP contribution in [0.5, 0.6) is 0 Å². The lowest BCUT2D eigenvalue weighted by atomic mass is 10.2. The van der Waals surface area contributed by atoms with Gasteiger partial charge in [0.25, 0.3) is 0 Å². The lowest BCUT2D eigenvalue weighted by Crippen LogP contribution is -2.46. The smallest absolute Gasteiger partial charge is 0.326 e. The molecule has 7 nitrogen and oxygen atoms in total. The average molecular weight is 293 g/mol. The van der Waals surface area contributed by atoms with Crippen LogP contribution in [0.4, 0.5) is 4.79 Å². The number of methoxy groups -OCH3 is 1. The van der Waals surface area contributed by atoms with Crippen LogP contribution in [0.2, 0.25) is 0 Å². The summed E-state index contributed by atoms with van der Waals surface area (Å²) in [7, 11) is 1.52. The summed E-state index contributed by atoms with van der Waals surface area (Å²) >= 11 is 0. The van der Waals surface area contributed by atoms with Gasteiger partial charge in [0.15, 0.2) is 0 Å². The molecule has 2 heterocycles. The van der Waals surface area contributed by atoms with Crippen molar-refractivity contribution in [2.75, 3.05) is 13.7 Å². The second-order valence-corrected chi connectivity index (χ2v) is 5.03. The van der Waals surface area contributed by atoms with Gasteiger partial charge in [-0.15, -0.1) is 0 Å². The number of carboxylic acid groups (broad SMARTS) is 1. The second-order valence-electron chi connectivity index (χ2n) is 5.03. The Kier molecular flexibility index (Phi) is 4.74. The summed E-state index contributed by atoms with van der Waals surface area (Å²) in [6.07, 6.45) is 0.0658. The van der Waals surface area contributed by atoms with Crippen LogP contribution >= 0.6 is 0 Å². The van der Waals surface area contributed by atoms with Gasteiger partial charge in [-0.05, 0) is 19.1 Å². The van der Waals surface area contributed by atoms with Gasteiger partial charge in [-0.25, -0.2) is 9.59 Å². The van der Waals surface area contributed by atoms with Crippen LogP contribution < -0.4 is 5.32 Å². The van der Waals surface area contributed by atoms with Crippen LogP contribution in [0.25, 0.3) is 0 Å². The lowest BCUT2D eigenvalue weighted by Gasteiger charge is -2.21. The Hall–Kier alpha value is -2.15. The monoisotopic (exact) mass is 293 g/mol. The van der Waals surface area contributed by atoms with Crippen molar-refractivity contribution in [1.82, 2.24) is 15.2 Å². The van der Waals surface area contributed by atoms with Gasteiger partial charge < -0.3 is 20.1 Å². The van der Waals surface area contributed by atoms with Crippen LogP contribution in [0, 0.1) is 6.92 Å². The molecule has 1 fully saturated rings. The number of hydrogen-bond donors (Lipinski definition) is 2. The number of carbonyl (C=O) groups is 2. The van der Waals surface area contributed by atoms with E-state index in [1.165, 1.54) is 12.0 Å². The highest BCUT2D eigenvalue weighted by molar-refractivity contribution is 5.83. The third kappa shape index (κ3) is 3.69. The van der Waals surface area contributed by atoms with Gasteiger partial charge in [0.1, 0.15) is 6.04 Å². The topological polar surface area (TPSA) is 91.8 Å². The van der Waals surface area contributed by atoms with Crippen LogP contribution in [0.15, 0.2) is 18.2 Å². The minimum Gasteiger partial charge on any atom is -0.480 e. The first-order valence-corrected chi connectivity index (χ1v) is 6.74. The maximum atomic E-state index is 12.1. The number of nitrogens with zero attached hydrogens (tertiary/aromatic N) is 2. The minimum atomic E-state index is -1.02. The molecule has 2 amide bonds. The van der Waals surface area contributed by atoms with Crippen LogP contribution in [0.1, 0.15) is 17.8 Å². The molecule has 0 radical (unpaired) electrons. The third-order valence-corrected chi connectivity index (χ3v) is 3.51. The number of aliphatic carboxylic acids is 1. The van der Waals surface area contributed by atoms with Crippen molar-refractivity contribution >= 4 is 12.0 Å². The van der Waals surface area contributed by atoms with E-state index in [9.17, 15) is 14.7 Å². The van der Waals surface area contributed by atoms with E-state index in [1.54, 1.807) is 0 Å². The van der Waals surface area contributed by atoms with E-state index in [0.717, 1.165) is 11.4 Å². The fourth-order valence-corrected chi connectivity index (χ4v) is 2.39. The first kappa shape index (κ1) is 15.2. The highest BCUT2D eigenvalue weighted by atomic mass is 16.5. The summed E-state index contributed by atoms with van der Waals surface area (Å²) in [5.41, 5.74) is 1.60. The van der Waals surface area contributed by atoms with Gasteiger partial charge in [-0.3, -0.25) is 4.98 Å². The van der Waals surface area contributed by atoms with E-state index in [-0.39, 0.29) is 19.2 Å². The SMILES string of the molecule is COC1CC(C(=O)O)N(C(=O)NCc2cccc(C)n2)C1. The average Bonchev–Trinajstić information content (AvgIpc) is 2.89. The molecule has 0 aromatic carbocycles. The zero-order chi connectivity index (χ0) is 15.4. The van der Waals surface area contributed by atoms with Crippen molar-refractivity contribution in [2.45, 2.75) is 32.0 Å². The van der Waals surface area contributed by atoms with Crippen molar-refractivity contribution < 1.29 is 19.4 Å². The maximum Gasteiger partial charge on any atom is 0.326 e. The summed E-state index contributed by atoms with van der Waals surface area (Å²) in [6, 6.07) is 4.28. The minimum absolute atomic E-state index is 0.242. The zero-order valence-electron chi connectivity index (χ0n) is 12.1. The number of carbonyl (C=O) groups excluding carboxylic acids is 1. The van der Waals surface area contributed by atoms with E-state index in [2.05, 4.69) is 10.3 Å². The third-order valence-electron chi connectivity index (χ3n) is 3.51. The number of urea groups is 1. The number of hydrogen-bond acceptors (Lipinski definition) is 4. The normalized spacial score (nSPS) is 21.3. The Morgan fingerprint density at radius 2 is 2.29 bits per heavy atom. The molecule has 0 saturated carbocycles. The number of aryl methyl sites for hydroxylation is 1. The van der Waals surface area contributed by atoms with Crippen molar-refractivity contribution in [2.24, 2.45) is 0 Å². The molecule has 1 aliphatic rings. The van der Waals surface area contributed by atoms with Gasteiger partial charge >= 0.3 is 12.0 Å². The number of aromatic nitrogens is 1. The number of ether oxygens (including phenoxy) is 1. The summed E-state index contributed by atoms with van der Waals surface area (Å²) in [6.45, 7) is 2.41. The van der Waals surface area contributed by atoms with E-state index >= 15 is 0 Å². The standard InChI is InChI=1S/C14H19N3O4/c1-9-4-3-5-10(16-9)7-15-14(20)17-8-11(21-2)6-12(17)13(18)19/h3-5,11-12H,6-8H2,1-2H3,(H,15,20)(H,18,19). The van der Waals surface area contributed by atoms with Gasteiger partial charge in [-0.1, -0.05) is 6.07 Å². The lowest BCUT2D eigenvalue weighted by molar-refractivity contribution is -0.141. The Labute approximate surface area is 122 Å². The van der Waals surface area contributed by atoms with Crippen molar-refractivity contribution in [1.29, 1.82) is 0 Å². The van der Waals surface area contributed by atoms with Crippen molar-refractivity contribution in [3.8, 4) is 0 Å². The Morgan fingerprint density at radius 1 is 1.52 bits per heavy atom. The van der Waals surface area contributed by atoms with Gasteiger partial charge in [0, 0.05) is 25.8 Å². The molecule has 7 heteroatoms. The van der Waals surface area contributed by atoms with E-state index in [0.29, 0.717) is 6.42 Å². The highest BCUT2D eigenvalue weighted by Crippen LogP contribution is 2.20. The molecule has 114 valence electrons. The Morgan fingerprint density at radius 3 is 2.90 bits per heavy atom. The molecular weight excluding hydrogens is 274 g/mol. The van der Waals surface area contributed by atoms with Crippen LogP contribution in [0.3, 0.4) is 0 Å².